The van der Waals surface area contributed by atoms with Gasteiger partial charge in [0, 0.05) is 35.9 Å². The van der Waals surface area contributed by atoms with E-state index in [4.69, 9.17) is 4.74 Å². The number of nitrogens with zero attached hydrogens (tertiary/aromatic N) is 2. The average molecular weight is 468 g/mol. The lowest BCUT2D eigenvalue weighted by Gasteiger charge is -2.58. The van der Waals surface area contributed by atoms with E-state index in [9.17, 15) is 5.11 Å². The van der Waals surface area contributed by atoms with E-state index in [0.717, 1.165) is 58.7 Å². The van der Waals surface area contributed by atoms with Gasteiger partial charge in [0.05, 0.1) is 25.7 Å². The first-order valence-corrected chi connectivity index (χ1v) is 13.0. The highest BCUT2D eigenvalue weighted by Crippen LogP contribution is 2.49. The van der Waals surface area contributed by atoms with E-state index in [1.54, 1.807) is 7.11 Å². The first-order chi connectivity index (χ1) is 17.1. The third-order valence-electron chi connectivity index (χ3n) is 9.01. The summed E-state index contributed by atoms with van der Waals surface area (Å²) in [4.78, 5) is 4.57. The number of fused-ring (bicyclic) bond motifs is 5. The topological polar surface area (TPSA) is 42.4 Å². The third kappa shape index (κ3) is 3.80. The lowest BCUT2D eigenvalue weighted by molar-refractivity contribution is -0.985. The van der Waals surface area contributed by atoms with Gasteiger partial charge in [0.25, 0.3) is 0 Å². The Morgan fingerprint density at radius 1 is 1.06 bits per heavy atom. The van der Waals surface area contributed by atoms with Crippen LogP contribution in [0.15, 0.2) is 72.9 Å². The van der Waals surface area contributed by atoms with Gasteiger partial charge in [0.1, 0.15) is 24.4 Å². The highest BCUT2D eigenvalue weighted by molar-refractivity contribution is 5.85. The second-order valence-electron chi connectivity index (χ2n) is 10.7. The molecule has 0 amide bonds. The summed E-state index contributed by atoms with van der Waals surface area (Å²) < 4.78 is 6.48. The molecule has 4 heteroatoms. The Kier molecular flexibility index (Phi) is 5.74. The van der Waals surface area contributed by atoms with E-state index in [1.165, 1.54) is 29.2 Å². The molecule has 3 aliphatic heterocycles. The number of hydrogen-bond acceptors (Lipinski definition) is 3. The monoisotopic (exact) mass is 467 g/mol. The Morgan fingerprint density at radius 2 is 1.91 bits per heavy atom. The minimum atomic E-state index is -0.539. The SMILES string of the molecule is CCC1C[N+]2(Cc3cccc4ccccc34)CCC1CC2C(O)c1ccnc2ccc(OC)cc12. The van der Waals surface area contributed by atoms with Gasteiger partial charge in [-0.05, 0) is 52.9 Å². The summed E-state index contributed by atoms with van der Waals surface area (Å²) in [5, 5.41) is 15.7. The van der Waals surface area contributed by atoms with Crippen LogP contribution in [0.25, 0.3) is 21.7 Å². The van der Waals surface area contributed by atoms with Gasteiger partial charge in [0.2, 0.25) is 0 Å². The second kappa shape index (κ2) is 8.92. The quantitative estimate of drug-likeness (QED) is 0.340. The molecule has 0 saturated carbocycles. The molecule has 3 aromatic carbocycles. The van der Waals surface area contributed by atoms with Crippen molar-refractivity contribution in [2.45, 2.75) is 44.9 Å². The maximum Gasteiger partial charge on any atom is 0.131 e. The Labute approximate surface area is 207 Å². The zero-order valence-corrected chi connectivity index (χ0v) is 20.7. The number of piperidine rings is 3. The predicted octanol–water partition coefficient (Wildman–Crippen LogP) is 6.27. The van der Waals surface area contributed by atoms with Crippen molar-refractivity contribution < 1.29 is 14.3 Å². The molecular formula is C31H35N2O2+. The van der Waals surface area contributed by atoms with Crippen LogP contribution in [0.2, 0.25) is 0 Å². The number of hydrogen-bond donors (Lipinski definition) is 1. The van der Waals surface area contributed by atoms with Crippen molar-refractivity contribution in [1.82, 2.24) is 4.98 Å². The fourth-order valence-electron chi connectivity index (χ4n) is 7.17. The molecule has 180 valence electrons. The lowest BCUT2D eigenvalue weighted by atomic mass is 9.70. The first-order valence-electron chi connectivity index (χ1n) is 13.0. The van der Waals surface area contributed by atoms with Gasteiger partial charge in [-0.3, -0.25) is 4.98 Å². The number of quaternary nitrogens is 1. The van der Waals surface area contributed by atoms with Gasteiger partial charge < -0.3 is 14.3 Å². The van der Waals surface area contributed by atoms with Gasteiger partial charge in [-0.15, -0.1) is 0 Å². The summed E-state index contributed by atoms with van der Waals surface area (Å²) >= 11 is 0. The van der Waals surface area contributed by atoms with Crippen LogP contribution in [0.4, 0.5) is 0 Å². The molecule has 4 aromatic rings. The van der Waals surface area contributed by atoms with Gasteiger partial charge in [-0.2, -0.15) is 0 Å². The number of aromatic nitrogens is 1. The number of pyridine rings is 1. The molecule has 1 N–H and O–H groups in total. The molecule has 1 aromatic heterocycles. The van der Waals surface area contributed by atoms with E-state index in [-0.39, 0.29) is 6.04 Å². The summed E-state index contributed by atoms with van der Waals surface area (Å²) in [6.07, 6.45) is 4.87. The van der Waals surface area contributed by atoms with Gasteiger partial charge in [-0.1, -0.05) is 49.4 Å². The number of methoxy groups -OCH3 is 1. The van der Waals surface area contributed by atoms with Crippen LogP contribution in [-0.2, 0) is 6.54 Å². The Morgan fingerprint density at radius 3 is 2.77 bits per heavy atom. The molecule has 7 rings (SSSR count). The van der Waals surface area contributed by atoms with Crippen LogP contribution in [0, 0.1) is 11.8 Å². The highest BCUT2D eigenvalue weighted by Gasteiger charge is 2.54. The van der Waals surface area contributed by atoms with Crippen molar-refractivity contribution in [2.24, 2.45) is 11.8 Å². The van der Waals surface area contributed by atoms with Crippen LogP contribution in [-0.4, -0.2) is 40.8 Å². The number of ether oxygens (including phenoxy) is 1. The molecule has 3 fully saturated rings. The Bertz CT molecular complexity index is 1360. The van der Waals surface area contributed by atoms with Crippen molar-refractivity contribution in [3.63, 3.8) is 0 Å². The number of aliphatic hydroxyl groups excluding tert-OH is 1. The van der Waals surface area contributed by atoms with E-state index in [2.05, 4.69) is 54.4 Å². The van der Waals surface area contributed by atoms with Gasteiger partial charge >= 0.3 is 0 Å². The van der Waals surface area contributed by atoms with Crippen LogP contribution in [0.3, 0.4) is 0 Å². The van der Waals surface area contributed by atoms with Crippen LogP contribution >= 0.6 is 0 Å². The molecule has 5 atom stereocenters. The highest BCUT2D eigenvalue weighted by atomic mass is 16.5. The minimum Gasteiger partial charge on any atom is -0.497 e. The van der Waals surface area contributed by atoms with E-state index in [0.29, 0.717) is 5.92 Å². The molecule has 2 bridgehead atoms. The van der Waals surface area contributed by atoms with E-state index >= 15 is 0 Å². The van der Waals surface area contributed by atoms with Gasteiger partial charge in [0.15, 0.2) is 0 Å². The predicted molar refractivity (Wildman–Crippen MR) is 141 cm³/mol. The Balaban J connectivity index is 1.44. The molecule has 0 spiro atoms. The van der Waals surface area contributed by atoms with Crippen molar-refractivity contribution >= 4 is 21.7 Å². The zero-order valence-electron chi connectivity index (χ0n) is 20.7. The number of benzene rings is 3. The number of rotatable bonds is 6. The number of aliphatic hydroxyl groups is 1. The smallest absolute Gasteiger partial charge is 0.131 e. The Hall–Kier alpha value is -2.95. The van der Waals surface area contributed by atoms with Crippen LogP contribution in [0.1, 0.15) is 43.4 Å². The molecule has 4 heterocycles. The summed E-state index contributed by atoms with van der Waals surface area (Å²) in [6, 6.07) is 23.6. The van der Waals surface area contributed by atoms with Gasteiger partial charge in [-0.25, -0.2) is 0 Å². The minimum absolute atomic E-state index is 0.173. The summed E-state index contributed by atoms with van der Waals surface area (Å²) in [7, 11) is 1.69. The zero-order chi connectivity index (χ0) is 24.0. The molecule has 0 radical (unpaired) electrons. The van der Waals surface area contributed by atoms with Crippen molar-refractivity contribution in [3.8, 4) is 5.75 Å². The fraction of sp³-hybridized carbons (Fsp3) is 0.387. The van der Waals surface area contributed by atoms with Crippen molar-refractivity contribution in [1.29, 1.82) is 0 Å². The largest absolute Gasteiger partial charge is 0.497 e. The van der Waals surface area contributed by atoms with Crippen molar-refractivity contribution in [3.05, 3.63) is 84.1 Å². The normalized spacial score (nSPS) is 26.8. The average Bonchev–Trinajstić information content (AvgIpc) is 2.92. The van der Waals surface area contributed by atoms with Crippen molar-refractivity contribution in [2.75, 3.05) is 20.2 Å². The molecule has 0 aliphatic carbocycles. The standard InChI is InChI=1S/C31H35N2O2/c1-3-21-19-33(20-24-9-6-8-22-7-4-5-10-26(22)24)16-14-23(21)17-30(33)31(34)27-13-15-32-29-12-11-25(35-2)18-28(27)29/h4-13,15,18,21,23,30-31,34H,3,14,16-17,19-20H2,1-2H3/q+1. The van der Waals surface area contributed by atoms with Crippen LogP contribution < -0.4 is 4.74 Å². The first kappa shape index (κ1) is 22.5. The van der Waals surface area contributed by atoms with E-state index in [1.807, 2.05) is 30.5 Å². The summed E-state index contributed by atoms with van der Waals surface area (Å²) in [5.41, 5.74) is 3.29. The maximum atomic E-state index is 12.1. The van der Waals surface area contributed by atoms with E-state index < -0.39 is 6.10 Å². The second-order valence-corrected chi connectivity index (χ2v) is 10.7. The molecular weight excluding hydrogens is 432 g/mol. The maximum absolute atomic E-state index is 12.1. The molecule has 3 saturated heterocycles. The summed E-state index contributed by atoms with van der Waals surface area (Å²) in [6.45, 7) is 5.60. The molecule has 5 unspecified atom stereocenters. The third-order valence-corrected chi connectivity index (χ3v) is 9.01. The molecule has 3 aliphatic rings. The fourth-order valence-corrected chi connectivity index (χ4v) is 7.17. The molecule has 4 nitrogen and oxygen atoms in total. The summed E-state index contributed by atoms with van der Waals surface area (Å²) in [5.74, 6) is 2.24. The molecule has 35 heavy (non-hydrogen) atoms. The lowest BCUT2D eigenvalue weighted by Crippen LogP contribution is -2.67. The van der Waals surface area contributed by atoms with Crippen LogP contribution in [0.5, 0.6) is 5.75 Å².